The van der Waals surface area contributed by atoms with Crippen molar-refractivity contribution >= 4 is 39.6 Å². The van der Waals surface area contributed by atoms with E-state index in [0.29, 0.717) is 5.56 Å². The van der Waals surface area contributed by atoms with E-state index in [2.05, 4.69) is 64.7 Å². The first-order valence-electron chi connectivity index (χ1n) is 18.8. The van der Waals surface area contributed by atoms with Gasteiger partial charge in [-0.1, -0.05) is 60.8 Å². The summed E-state index contributed by atoms with van der Waals surface area (Å²) in [6.07, 6.45) is 2.00. The van der Waals surface area contributed by atoms with Gasteiger partial charge in [0.25, 0.3) is 0 Å². The molecular weight excluding hydrogens is 859 g/mol. The van der Waals surface area contributed by atoms with Crippen molar-refractivity contribution in [1.29, 1.82) is 0 Å². The molecule has 0 radical (unpaired) electrons. The Labute approximate surface area is 323 Å². The van der Waals surface area contributed by atoms with Crippen LogP contribution in [0.3, 0.4) is 0 Å². The molecule has 2 aromatic heterocycles. The Morgan fingerprint density at radius 2 is 1.45 bits per heavy atom. The summed E-state index contributed by atoms with van der Waals surface area (Å²) in [5.41, 5.74) is 9.63. The zero-order valence-corrected chi connectivity index (χ0v) is 33.5. The predicted molar refractivity (Wildman–Crippen MR) is 212 cm³/mol. The number of hydrogen-bond acceptors (Lipinski definition) is 2. The van der Waals surface area contributed by atoms with Gasteiger partial charge in [0.2, 0.25) is 0 Å². The van der Waals surface area contributed by atoms with Crippen LogP contribution in [0.15, 0.2) is 150 Å². The van der Waals surface area contributed by atoms with Gasteiger partial charge in [0.1, 0.15) is 5.58 Å². The normalized spacial score (nSPS) is 13.8. The quantitative estimate of drug-likeness (QED) is 0.123. The predicted octanol–water partition coefficient (Wildman–Crippen LogP) is 12.1. The van der Waals surface area contributed by atoms with Gasteiger partial charge in [-0.2, -0.15) is 35.9 Å². The molecule has 0 aliphatic rings. The number of para-hydroxylation sites is 1. The number of aromatic nitrogens is 1. The second-order valence-corrected chi connectivity index (χ2v) is 24.0. The summed E-state index contributed by atoms with van der Waals surface area (Å²) in [5.74, 6) is 6.23. The van der Waals surface area contributed by atoms with Crippen molar-refractivity contribution in [2.45, 2.75) is 36.9 Å². The molecule has 0 amide bonds. The van der Waals surface area contributed by atoms with Crippen LogP contribution in [0.1, 0.15) is 35.0 Å². The van der Waals surface area contributed by atoms with E-state index >= 15 is 0 Å². The van der Waals surface area contributed by atoms with E-state index in [0.717, 1.165) is 55.4 Å². The van der Waals surface area contributed by atoms with Crippen molar-refractivity contribution in [3.05, 3.63) is 181 Å². The van der Waals surface area contributed by atoms with Gasteiger partial charge in [0, 0.05) is 12.3 Å². The van der Waals surface area contributed by atoms with Crippen molar-refractivity contribution in [2.75, 3.05) is 0 Å². The van der Waals surface area contributed by atoms with Gasteiger partial charge in [0.05, 0.1) is 0 Å². The Bertz CT molecular complexity index is 2540. The number of rotatable bonds is 6. The third kappa shape index (κ3) is 8.02. The molecule has 0 fully saturated rings. The van der Waals surface area contributed by atoms with E-state index in [9.17, 15) is 0 Å². The van der Waals surface area contributed by atoms with Crippen LogP contribution in [0.5, 0.6) is 0 Å². The zero-order chi connectivity index (χ0) is 38.1. The molecule has 4 heteroatoms. The average Bonchev–Trinajstić information content (AvgIpc) is 3.57. The third-order valence-electron chi connectivity index (χ3n) is 8.93. The summed E-state index contributed by atoms with van der Waals surface area (Å²) in [5, 5.41) is 2.17. The van der Waals surface area contributed by atoms with E-state index in [1.807, 2.05) is 110 Å². The molecule has 0 saturated heterocycles. The first-order chi connectivity index (χ1) is 25.8. The van der Waals surface area contributed by atoms with Crippen LogP contribution in [0.4, 0.5) is 0 Å². The molecule has 252 valence electrons. The van der Waals surface area contributed by atoms with E-state index in [-0.39, 0.29) is 20.1 Å². The summed E-state index contributed by atoms with van der Waals surface area (Å²) in [6.45, 7) is -0.186. The maximum Gasteiger partial charge on any atom is 3.00 e. The van der Waals surface area contributed by atoms with Gasteiger partial charge in [-0.15, -0.1) is 17.7 Å². The van der Waals surface area contributed by atoms with E-state index < -0.39 is 26.0 Å². The van der Waals surface area contributed by atoms with Crippen molar-refractivity contribution in [1.82, 2.24) is 4.98 Å². The number of benzene rings is 6. The Balaban J connectivity index is 0.000000184. The van der Waals surface area contributed by atoms with Crippen LogP contribution in [-0.2, 0) is 20.1 Å². The van der Waals surface area contributed by atoms with Gasteiger partial charge in [-0.25, -0.2) is 5.56 Å². The van der Waals surface area contributed by atoms with Gasteiger partial charge < -0.3 is 4.42 Å². The second-order valence-electron chi connectivity index (χ2n) is 13.4. The van der Waals surface area contributed by atoms with Crippen LogP contribution in [-0.4, -0.2) is 18.3 Å². The van der Waals surface area contributed by atoms with Gasteiger partial charge in [-0.05, 0) is 17.5 Å². The molecule has 0 N–H and O–H groups in total. The minimum absolute atomic E-state index is 0. The molecule has 0 saturated carbocycles. The molecule has 1 atom stereocenters. The van der Waals surface area contributed by atoms with Crippen LogP contribution in [0.2, 0.25) is 17.3 Å². The number of pyridine rings is 1. The third-order valence-corrected chi connectivity index (χ3v) is 13.2. The van der Waals surface area contributed by atoms with E-state index in [1.54, 1.807) is 18.2 Å². The minimum atomic E-state index is -2.11. The average molecular weight is 904 g/mol. The number of hydrogen-bond donors (Lipinski definition) is 0. The van der Waals surface area contributed by atoms with Gasteiger partial charge in [0.15, 0.2) is 0 Å². The topological polar surface area (TPSA) is 26.0 Å². The number of furan rings is 1. The summed E-state index contributed by atoms with van der Waals surface area (Å²) in [6, 6.07) is 55.0. The molecule has 1 unspecified atom stereocenters. The molecule has 6 aromatic carbocycles. The van der Waals surface area contributed by atoms with E-state index in [4.69, 9.17) is 9.90 Å². The summed E-state index contributed by atoms with van der Waals surface area (Å²) >= 11 is -2.10. The van der Waals surface area contributed by atoms with Gasteiger partial charge >= 0.3 is 166 Å². The number of aryl methyl sites for hydroxylation is 1. The van der Waals surface area contributed by atoms with Crippen molar-refractivity contribution < 1.29 is 30.0 Å². The molecule has 8 rings (SSSR count). The molecule has 2 heterocycles. The molecular formula is C47H40GeIrNO. The molecule has 8 aromatic rings. The fourth-order valence-corrected chi connectivity index (χ4v) is 9.33. The van der Waals surface area contributed by atoms with Crippen LogP contribution >= 0.6 is 0 Å². The Kier molecular flexibility index (Phi) is 9.66. The monoisotopic (exact) mass is 905 g/mol. The standard InChI is InChI=1S/C26H18O.C21H22GeN.Ir/c1-18(19-9-3-2-4-10-19)20-11-7-12-21(17-20)22-14-8-15-24-23-13-5-6-16-25(23)27-26(22)24;1-16-10-12-18(13-11-16)21-14-19(17-8-6-5-7-9-17)20(15-23-21)22(2,3)4;/h2-11,13,15-18H,1H3;5-12,14-15H,1-4H3;/q-2;-1;+3/i18D;1D3;. The van der Waals surface area contributed by atoms with Crippen molar-refractivity contribution in [2.24, 2.45) is 0 Å². The Morgan fingerprint density at radius 1 is 0.725 bits per heavy atom. The molecule has 2 nitrogen and oxygen atoms in total. The molecule has 0 spiro atoms. The molecule has 51 heavy (non-hydrogen) atoms. The summed E-state index contributed by atoms with van der Waals surface area (Å²) < 4.78 is 39.0. The van der Waals surface area contributed by atoms with E-state index in [1.165, 1.54) is 15.5 Å². The minimum Gasteiger partial charge on any atom is 3.00 e. The summed E-state index contributed by atoms with van der Waals surface area (Å²) in [4.78, 5) is 4.67. The molecule has 0 bridgehead atoms. The van der Waals surface area contributed by atoms with Crippen molar-refractivity contribution in [3.63, 3.8) is 0 Å². The second kappa shape index (κ2) is 15.8. The first kappa shape index (κ1) is 31.2. The molecule has 0 aliphatic carbocycles. The molecule has 0 aliphatic heterocycles. The largest absolute Gasteiger partial charge is 3.00 e. The van der Waals surface area contributed by atoms with Crippen molar-refractivity contribution in [3.8, 4) is 33.5 Å². The van der Waals surface area contributed by atoms with Crippen LogP contribution < -0.4 is 4.40 Å². The fraction of sp³-hybridized carbons (Fsp3) is 0.128. The Morgan fingerprint density at radius 3 is 2.18 bits per heavy atom. The first-order valence-corrected chi connectivity index (χ1v) is 24.1. The number of fused-ring (bicyclic) bond motifs is 3. The maximum atomic E-state index is 8.97. The zero-order valence-electron chi connectivity index (χ0n) is 33.0. The summed E-state index contributed by atoms with van der Waals surface area (Å²) in [7, 11) is 0. The SMILES string of the molecule is [2H]C(C)(c1ccccc1)c1cc[c-]c(-c2[c-]ccc3c2oc2ccccc23)c1.[2H]C([2H])([2H])c1c[c-]c(-c2cc(-c3ccccc3)[c]([Ge]([CH3])([CH3])[CH3])cn2)cc1.[Ir+3]. The van der Waals surface area contributed by atoms with Crippen LogP contribution in [0, 0.1) is 25.1 Å². The van der Waals surface area contributed by atoms with Gasteiger partial charge in [-0.3, -0.25) is 0 Å². The fourth-order valence-electron chi connectivity index (χ4n) is 6.23. The maximum absolute atomic E-state index is 8.97. The van der Waals surface area contributed by atoms with Crippen LogP contribution in [0.25, 0.3) is 55.4 Å². The smallest absolute Gasteiger partial charge is 3.00 e. The Hall–Kier alpha value is -4.54. The number of nitrogens with zero attached hydrogens (tertiary/aromatic N) is 1.